The number of rotatable bonds is 4. The van der Waals surface area contributed by atoms with Crippen LogP contribution in [0.1, 0.15) is 72.9 Å². The predicted octanol–water partition coefficient (Wildman–Crippen LogP) is 7.63. The van der Waals surface area contributed by atoms with Gasteiger partial charge in [0, 0.05) is 7.92 Å². The van der Waals surface area contributed by atoms with E-state index in [1.54, 1.807) is 0 Å². The third-order valence-electron chi connectivity index (χ3n) is 4.08. The fourth-order valence-electron chi connectivity index (χ4n) is 3.03. The van der Waals surface area contributed by atoms with E-state index >= 15 is 0 Å². The van der Waals surface area contributed by atoms with Crippen molar-refractivity contribution in [2.24, 2.45) is 0 Å². The monoisotopic (exact) mass is 543 g/mol. The Morgan fingerprint density at radius 2 is 1.18 bits per heavy atom. The summed E-state index contributed by atoms with van der Waals surface area (Å²) in [7, 11) is -0.519. The van der Waals surface area contributed by atoms with Crippen LogP contribution in [-0.4, -0.2) is 29.9 Å². The fourth-order valence-corrected chi connectivity index (χ4v) is 6.73. The van der Waals surface area contributed by atoms with Gasteiger partial charge in [-0.05, 0) is 59.0 Å². The van der Waals surface area contributed by atoms with Gasteiger partial charge in [-0.1, -0.05) is 32.4 Å². The molecule has 0 aliphatic carbocycles. The van der Waals surface area contributed by atoms with Crippen LogP contribution in [-0.2, 0) is 33.5 Å². The van der Waals surface area contributed by atoms with E-state index in [-0.39, 0.29) is 46.5 Å². The van der Waals surface area contributed by atoms with Gasteiger partial charge in [0.05, 0.1) is 27.6 Å². The van der Waals surface area contributed by atoms with Crippen LogP contribution in [0, 0.1) is 7.43 Å². The number of nitrogens with zero attached hydrogens (tertiary/aromatic N) is 1. The van der Waals surface area contributed by atoms with Crippen molar-refractivity contribution >= 4 is 26.8 Å². The van der Waals surface area contributed by atoms with Gasteiger partial charge in [-0.2, -0.15) is 26.3 Å². The maximum Gasteiger partial charge on any atom is 2.00 e. The molecule has 1 aromatic carbocycles. The van der Waals surface area contributed by atoms with Crippen LogP contribution in [0.3, 0.4) is 0 Å². The van der Waals surface area contributed by atoms with Crippen molar-refractivity contribution < 1.29 is 47.5 Å². The minimum Gasteiger partial charge on any atom is -0.774 e. The number of hydrogen-bond acceptors (Lipinski definition) is 1. The van der Waals surface area contributed by atoms with Gasteiger partial charge in [-0.15, -0.1) is 0 Å². The van der Waals surface area contributed by atoms with Gasteiger partial charge < -0.3 is 17.5 Å². The van der Waals surface area contributed by atoms with E-state index in [1.165, 1.54) is 6.42 Å². The van der Waals surface area contributed by atoms with Crippen molar-refractivity contribution in [3.63, 3.8) is 0 Å². The molecule has 33 heavy (non-hydrogen) atoms. The number of hydrogen-bond donors (Lipinski definition) is 0. The molecule has 0 bridgehead atoms. The minimum atomic E-state index is -4.94. The van der Waals surface area contributed by atoms with E-state index < -0.39 is 42.8 Å². The van der Waals surface area contributed by atoms with E-state index in [2.05, 4.69) is 13.8 Å². The topological polar surface area (TPSA) is 31.5 Å². The Kier molecular flexibility index (Phi) is 15.6. The number of alkyl halides is 6. The molecule has 11 heteroatoms. The molecular formula is C22H35BF6NNiOP+. The number of benzene rings is 1. The Bertz CT molecular complexity index is 681. The van der Waals surface area contributed by atoms with Crippen LogP contribution >= 0.6 is 7.92 Å². The Morgan fingerprint density at radius 1 is 0.848 bits per heavy atom. The molecular weight excluding hydrogens is 509 g/mol. The molecule has 0 amide bonds. The molecule has 1 rings (SSSR count). The van der Waals surface area contributed by atoms with Crippen molar-refractivity contribution in [1.82, 2.24) is 0 Å². The molecule has 0 aromatic heterocycles. The van der Waals surface area contributed by atoms with Gasteiger partial charge in [-0.25, -0.2) is 0 Å². The van der Waals surface area contributed by atoms with Crippen molar-refractivity contribution in [2.45, 2.75) is 84.5 Å². The Balaban J connectivity index is -0.00000170. The first-order chi connectivity index (χ1) is 13.7. The summed E-state index contributed by atoms with van der Waals surface area (Å²) < 4.78 is 82.4. The van der Waals surface area contributed by atoms with Crippen molar-refractivity contribution in [3.05, 3.63) is 42.2 Å². The van der Waals surface area contributed by atoms with Gasteiger partial charge in [0.2, 0.25) is 0 Å². The molecule has 0 saturated carbocycles. The summed E-state index contributed by atoms with van der Waals surface area (Å²) in [5, 5.41) is 9.89. The first kappa shape index (κ1) is 36.8. The van der Waals surface area contributed by atoms with Gasteiger partial charge in [-0.3, -0.25) is 0 Å². The quantitative estimate of drug-likeness (QED) is 0.0959. The van der Waals surface area contributed by atoms with E-state index in [0.29, 0.717) is 19.6 Å². The summed E-state index contributed by atoms with van der Waals surface area (Å²) in [5.41, 5.74) is -3.31. The van der Waals surface area contributed by atoms with Gasteiger partial charge in [0.15, 0.2) is 0 Å². The Hall–Kier alpha value is -0.742. The van der Waals surface area contributed by atoms with E-state index in [9.17, 15) is 31.8 Å². The largest absolute Gasteiger partial charge is 2.00 e. The van der Waals surface area contributed by atoms with Crippen LogP contribution in [0.25, 0.3) is 5.41 Å². The number of halogens is 6. The molecule has 2 nitrogen and oxygen atoms in total. The van der Waals surface area contributed by atoms with Gasteiger partial charge in [0.25, 0.3) is 0 Å². The summed E-state index contributed by atoms with van der Waals surface area (Å²) >= 11 is 0. The molecule has 0 saturated heterocycles. The zero-order valence-electron chi connectivity index (χ0n) is 20.7. The zero-order chi connectivity index (χ0) is 24.8. The second-order valence-electron chi connectivity index (χ2n) is 9.33. The summed E-state index contributed by atoms with van der Waals surface area (Å²) in [5.74, 6) is -0.426. The van der Waals surface area contributed by atoms with Crippen LogP contribution < -0.4 is 5.46 Å². The Labute approximate surface area is 207 Å². The SMILES string of the molecule is CC(C)(C)[PH+](CC(=[N-])O[B]c1cc(C(F)(F)F)cc(C(F)(F)F)c1)C(C)(C)C.CCC.[CH3-].[Ni+2]. The maximum atomic E-state index is 12.9. The van der Waals surface area contributed by atoms with Crippen molar-refractivity contribution in [3.8, 4) is 0 Å². The van der Waals surface area contributed by atoms with Gasteiger partial charge in [0.1, 0.15) is 0 Å². The molecule has 1 aromatic rings. The smallest absolute Gasteiger partial charge is 0.774 e. The normalized spacial score (nSPS) is 12.1. The summed E-state index contributed by atoms with van der Waals surface area (Å²) in [6, 6.07) is 1.13. The third-order valence-corrected chi connectivity index (χ3v) is 8.36. The van der Waals surface area contributed by atoms with Gasteiger partial charge >= 0.3 is 36.3 Å². The third kappa shape index (κ3) is 13.7. The van der Waals surface area contributed by atoms with Crippen LogP contribution in [0.2, 0.25) is 0 Å². The van der Waals surface area contributed by atoms with Crippen molar-refractivity contribution in [1.29, 1.82) is 0 Å². The second kappa shape index (κ2) is 14.0. The second-order valence-corrected chi connectivity index (χ2v) is 13.6. The first-order valence-corrected chi connectivity index (χ1v) is 11.6. The van der Waals surface area contributed by atoms with Crippen LogP contribution in [0.4, 0.5) is 26.3 Å². The molecule has 0 aliphatic heterocycles. The summed E-state index contributed by atoms with van der Waals surface area (Å²) in [4.78, 5) is 0. The molecule has 0 spiro atoms. The van der Waals surface area contributed by atoms with E-state index in [1.807, 2.05) is 41.5 Å². The first-order valence-electron chi connectivity index (χ1n) is 9.94. The summed E-state index contributed by atoms with van der Waals surface area (Å²) in [6.45, 7) is 16.4. The van der Waals surface area contributed by atoms with Crippen LogP contribution in [0.5, 0.6) is 0 Å². The minimum absolute atomic E-state index is 0. The molecule has 0 unspecified atom stereocenters. The van der Waals surface area contributed by atoms with E-state index in [4.69, 9.17) is 4.65 Å². The Morgan fingerprint density at radius 3 is 1.45 bits per heavy atom. The van der Waals surface area contributed by atoms with Crippen molar-refractivity contribution in [2.75, 3.05) is 6.16 Å². The molecule has 0 aliphatic rings. The molecule has 0 atom stereocenters. The standard InChI is InChI=1S/C18H23BF6NOP.C3H8.CH3.Ni/c1-15(2,3)28(16(4,5)6)10-14(26)27-19-13-8-11(17(20,21)22)7-12(9-13)18(23,24)25;1-3-2;;/h7-9H,10H2,1-6H3;3H2,1-2H3;1H3;/q-1;;-1;+2/p+1. The maximum absolute atomic E-state index is 12.9. The molecule has 193 valence electrons. The average molecular weight is 544 g/mol. The zero-order valence-corrected chi connectivity index (χ0v) is 22.7. The van der Waals surface area contributed by atoms with Crippen LogP contribution in [0.15, 0.2) is 18.2 Å². The predicted molar refractivity (Wildman–Crippen MR) is 126 cm³/mol. The fraction of sp³-hybridized carbons (Fsp3) is 0.636. The average Bonchev–Trinajstić information content (AvgIpc) is 2.54. The molecule has 0 fully saturated rings. The van der Waals surface area contributed by atoms with E-state index in [0.717, 1.165) is 0 Å². The molecule has 0 heterocycles. The molecule has 1 radical (unpaired) electrons. The molecule has 0 N–H and O–H groups in total. The summed E-state index contributed by atoms with van der Waals surface area (Å²) in [6.07, 6.45) is -8.44.